The van der Waals surface area contributed by atoms with Crippen molar-refractivity contribution in [1.29, 1.82) is 0 Å². The van der Waals surface area contributed by atoms with Crippen molar-refractivity contribution in [1.82, 2.24) is 4.90 Å². The SMILES string of the molecule is C[C@@H]1CN(C(c2ccccc2)c2ccccc2)C[C@]12C=CCCC2. The third-order valence-corrected chi connectivity index (χ3v) is 6.05. The van der Waals surface area contributed by atoms with Crippen LogP contribution in [0.4, 0.5) is 0 Å². The third kappa shape index (κ3) is 2.82. The van der Waals surface area contributed by atoms with Gasteiger partial charge < -0.3 is 0 Å². The first-order chi connectivity index (χ1) is 11.8. The van der Waals surface area contributed by atoms with Crippen LogP contribution in [0.25, 0.3) is 0 Å². The van der Waals surface area contributed by atoms with Gasteiger partial charge in [-0.25, -0.2) is 0 Å². The van der Waals surface area contributed by atoms with Gasteiger partial charge in [0.2, 0.25) is 0 Å². The number of allylic oxidation sites excluding steroid dienone is 1. The summed E-state index contributed by atoms with van der Waals surface area (Å²) in [6.07, 6.45) is 8.90. The highest BCUT2D eigenvalue weighted by molar-refractivity contribution is 5.32. The summed E-state index contributed by atoms with van der Waals surface area (Å²) in [4.78, 5) is 2.71. The van der Waals surface area contributed by atoms with E-state index in [1.165, 1.54) is 43.5 Å². The maximum absolute atomic E-state index is 2.71. The van der Waals surface area contributed by atoms with Crippen LogP contribution in [0.15, 0.2) is 72.8 Å². The minimum Gasteiger partial charge on any atom is -0.291 e. The molecule has 0 N–H and O–H groups in total. The average Bonchev–Trinajstić information content (AvgIpc) is 2.93. The topological polar surface area (TPSA) is 3.24 Å². The van der Waals surface area contributed by atoms with Crippen LogP contribution in [0.3, 0.4) is 0 Å². The van der Waals surface area contributed by atoms with Crippen molar-refractivity contribution in [2.45, 2.75) is 32.2 Å². The molecule has 24 heavy (non-hydrogen) atoms. The molecule has 1 heteroatoms. The van der Waals surface area contributed by atoms with Gasteiger partial charge in [0, 0.05) is 18.5 Å². The van der Waals surface area contributed by atoms with E-state index in [1.54, 1.807) is 0 Å². The van der Waals surface area contributed by atoms with E-state index < -0.39 is 0 Å². The normalized spacial score (nSPS) is 27.2. The summed E-state index contributed by atoms with van der Waals surface area (Å²) >= 11 is 0. The fourth-order valence-corrected chi connectivity index (χ4v) is 4.71. The first-order valence-electron chi connectivity index (χ1n) is 9.30. The van der Waals surface area contributed by atoms with E-state index in [9.17, 15) is 0 Å². The van der Waals surface area contributed by atoms with Crippen LogP contribution < -0.4 is 0 Å². The summed E-state index contributed by atoms with van der Waals surface area (Å²) in [5.74, 6) is 0.726. The van der Waals surface area contributed by atoms with E-state index in [4.69, 9.17) is 0 Å². The molecule has 2 atom stereocenters. The van der Waals surface area contributed by atoms with Crippen molar-refractivity contribution in [3.63, 3.8) is 0 Å². The highest BCUT2D eigenvalue weighted by Gasteiger charge is 2.44. The quantitative estimate of drug-likeness (QED) is 0.680. The summed E-state index contributed by atoms with van der Waals surface area (Å²) in [7, 11) is 0. The molecule has 0 unspecified atom stereocenters. The van der Waals surface area contributed by atoms with Gasteiger partial charge in [0.15, 0.2) is 0 Å². The van der Waals surface area contributed by atoms with Gasteiger partial charge in [-0.05, 0) is 36.3 Å². The Morgan fingerprint density at radius 2 is 1.58 bits per heavy atom. The van der Waals surface area contributed by atoms with Crippen LogP contribution in [0.5, 0.6) is 0 Å². The molecule has 2 aromatic rings. The third-order valence-electron chi connectivity index (χ3n) is 6.05. The summed E-state index contributed by atoms with van der Waals surface area (Å²) in [6, 6.07) is 22.4. The van der Waals surface area contributed by atoms with E-state index >= 15 is 0 Å². The second-order valence-electron chi connectivity index (χ2n) is 7.58. The number of benzene rings is 2. The van der Waals surface area contributed by atoms with E-state index in [2.05, 4.69) is 84.6 Å². The molecule has 0 bridgehead atoms. The lowest BCUT2D eigenvalue weighted by molar-refractivity contribution is 0.235. The molecule has 0 aromatic heterocycles. The maximum Gasteiger partial charge on any atom is 0.0602 e. The van der Waals surface area contributed by atoms with Crippen molar-refractivity contribution in [2.24, 2.45) is 11.3 Å². The molecule has 0 radical (unpaired) electrons. The van der Waals surface area contributed by atoms with E-state index in [0.29, 0.717) is 11.5 Å². The van der Waals surface area contributed by atoms with E-state index in [-0.39, 0.29) is 0 Å². The Bertz CT molecular complexity index is 651. The van der Waals surface area contributed by atoms with Crippen molar-refractivity contribution in [3.8, 4) is 0 Å². The molecule has 4 rings (SSSR count). The zero-order valence-electron chi connectivity index (χ0n) is 14.6. The van der Waals surface area contributed by atoms with E-state index in [1.807, 2.05) is 0 Å². The van der Waals surface area contributed by atoms with Crippen LogP contribution in [-0.4, -0.2) is 18.0 Å². The van der Waals surface area contributed by atoms with Gasteiger partial charge in [-0.2, -0.15) is 0 Å². The fourth-order valence-electron chi connectivity index (χ4n) is 4.71. The van der Waals surface area contributed by atoms with Crippen LogP contribution in [-0.2, 0) is 0 Å². The molecule has 1 aliphatic carbocycles. The van der Waals surface area contributed by atoms with Crippen molar-refractivity contribution in [3.05, 3.63) is 83.9 Å². The average molecular weight is 317 g/mol. The predicted molar refractivity (Wildman–Crippen MR) is 101 cm³/mol. The van der Waals surface area contributed by atoms with E-state index in [0.717, 1.165) is 5.92 Å². The fraction of sp³-hybridized carbons (Fsp3) is 0.391. The smallest absolute Gasteiger partial charge is 0.0602 e. The highest BCUT2D eigenvalue weighted by atomic mass is 15.2. The van der Waals surface area contributed by atoms with Gasteiger partial charge in [0.1, 0.15) is 0 Å². The molecule has 0 amide bonds. The monoisotopic (exact) mass is 317 g/mol. The molecule has 1 spiro atoms. The Labute approximate surface area is 146 Å². The standard InChI is InChI=1S/C23H27N/c1-19-17-24(18-23(19)15-9-4-10-16-23)22(20-11-5-2-6-12-20)21-13-7-3-8-14-21/h2-3,5-9,11-15,19,22H,4,10,16-18H2,1H3/t19-,23-/m1/s1. The van der Waals surface area contributed by atoms with Crippen LogP contribution in [0.1, 0.15) is 43.4 Å². The van der Waals surface area contributed by atoms with Gasteiger partial charge in [0.25, 0.3) is 0 Å². The molecule has 1 aliphatic heterocycles. The lowest BCUT2D eigenvalue weighted by atomic mass is 9.72. The Morgan fingerprint density at radius 1 is 0.958 bits per heavy atom. The Balaban J connectivity index is 1.70. The second-order valence-corrected chi connectivity index (χ2v) is 7.58. The van der Waals surface area contributed by atoms with Gasteiger partial charge in [0.05, 0.1) is 6.04 Å². The Kier molecular flexibility index (Phi) is 4.28. The van der Waals surface area contributed by atoms with Crippen LogP contribution in [0, 0.1) is 11.3 Å². The molecule has 124 valence electrons. The lowest BCUT2D eigenvalue weighted by Gasteiger charge is -2.34. The lowest BCUT2D eigenvalue weighted by Crippen LogP contribution is -2.31. The molecule has 1 saturated heterocycles. The van der Waals surface area contributed by atoms with Gasteiger partial charge in [-0.3, -0.25) is 4.90 Å². The Morgan fingerprint density at radius 3 is 2.12 bits per heavy atom. The summed E-state index contributed by atoms with van der Waals surface area (Å²) in [5.41, 5.74) is 3.21. The molecular formula is C23H27N. The molecule has 2 aliphatic rings. The van der Waals surface area contributed by atoms with Crippen molar-refractivity contribution < 1.29 is 0 Å². The molecule has 1 nitrogen and oxygen atoms in total. The summed E-state index contributed by atoms with van der Waals surface area (Å²) < 4.78 is 0. The predicted octanol–water partition coefficient (Wildman–Crippen LogP) is 5.45. The number of likely N-dealkylation sites (tertiary alicyclic amines) is 1. The van der Waals surface area contributed by atoms with Gasteiger partial charge in [-0.1, -0.05) is 79.7 Å². The molecular weight excluding hydrogens is 290 g/mol. The minimum atomic E-state index is 0.365. The van der Waals surface area contributed by atoms with Crippen molar-refractivity contribution in [2.75, 3.05) is 13.1 Å². The number of hydrogen-bond donors (Lipinski definition) is 0. The number of rotatable bonds is 3. The molecule has 1 fully saturated rings. The minimum absolute atomic E-state index is 0.365. The number of nitrogens with zero attached hydrogens (tertiary/aromatic N) is 1. The number of hydrogen-bond acceptors (Lipinski definition) is 1. The zero-order chi connectivity index (χ0) is 16.4. The van der Waals surface area contributed by atoms with Crippen molar-refractivity contribution >= 4 is 0 Å². The summed E-state index contributed by atoms with van der Waals surface area (Å²) in [6.45, 7) is 4.81. The second kappa shape index (κ2) is 6.57. The largest absolute Gasteiger partial charge is 0.291 e. The van der Waals surface area contributed by atoms with Gasteiger partial charge in [-0.15, -0.1) is 0 Å². The highest BCUT2D eigenvalue weighted by Crippen LogP contribution is 2.47. The van der Waals surface area contributed by atoms with Gasteiger partial charge >= 0.3 is 0 Å². The molecule has 0 saturated carbocycles. The molecule has 2 aromatic carbocycles. The zero-order valence-corrected chi connectivity index (χ0v) is 14.6. The van der Waals surface area contributed by atoms with Crippen LogP contribution in [0.2, 0.25) is 0 Å². The summed E-state index contributed by atoms with van der Waals surface area (Å²) in [5, 5.41) is 0. The molecule has 1 heterocycles. The Hall–Kier alpha value is -1.86. The first-order valence-corrected chi connectivity index (χ1v) is 9.30. The maximum atomic E-state index is 2.71. The first kappa shape index (κ1) is 15.7. The van der Waals surface area contributed by atoms with Crippen LogP contribution >= 0.6 is 0 Å².